The molecule has 2 rings (SSSR count). The Morgan fingerprint density at radius 1 is 1.19 bits per heavy atom. The molecule has 0 unspecified atom stereocenters. The van der Waals surface area contributed by atoms with Crippen molar-refractivity contribution >= 4 is 39.1 Å². The van der Waals surface area contributed by atoms with Crippen molar-refractivity contribution in [1.82, 2.24) is 9.97 Å². The van der Waals surface area contributed by atoms with Crippen molar-refractivity contribution in [2.75, 3.05) is 0 Å². The lowest BCUT2D eigenvalue weighted by molar-refractivity contribution is 1.11. The predicted octanol–water partition coefficient (Wildman–Crippen LogP) is 3.51. The molecule has 0 saturated heterocycles. The third-order valence-electron chi connectivity index (χ3n) is 1.89. The minimum Gasteiger partial charge on any atom is -0.306 e. The van der Waals surface area contributed by atoms with Gasteiger partial charge in [0.05, 0.1) is 0 Å². The van der Waals surface area contributed by atoms with E-state index >= 15 is 0 Å². The lowest BCUT2D eigenvalue weighted by Gasteiger charge is -2.02. The van der Waals surface area contributed by atoms with Crippen LogP contribution in [0.2, 0.25) is 10.0 Å². The summed E-state index contributed by atoms with van der Waals surface area (Å²) in [6, 6.07) is 4.98. The maximum atomic E-state index is 11.4. The van der Waals surface area contributed by atoms with Crippen molar-refractivity contribution in [3.63, 3.8) is 0 Å². The summed E-state index contributed by atoms with van der Waals surface area (Å²) in [5.74, 6) is 0.428. The third-order valence-corrected chi connectivity index (χ3v) is 2.89. The fourth-order valence-electron chi connectivity index (χ4n) is 1.22. The highest BCUT2D eigenvalue weighted by molar-refractivity contribution is 9.10. The number of benzene rings is 1. The first kappa shape index (κ1) is 11.6. The third kappa shape index (κ3) is 2.45. The molecular weight excluding hydrogens is 315 g/mol. The van der Waals surface area contributed by atoms with Crippen LogP contribution in [-0.2, 0) is 0 Å². The van der Waals surface area contributed by atoms with Gasteiger partial charge in [-0.15, -0.1) is 0 Å². The van der Waals surface area contributed by atoms with Gasteiger partial charge in [0, 0.05) is 21.8 Å². The van der Waals surface area contributed by atoms with Gasteiger partial charge in [-0.1, -0.05) is 23.2 Å². The summed E-state index contributed by atoms with van der Waals surface area (Å²) in [6.45, 7) is 0. The van der Waals surface area contributed by atoms with Crippen LogP contribution in [-0.4, -0.2) is 9.97 Å². The Morgan fingerprint density at radius 2 is 1.81 bits per heavy atom. The molecule has 1 aromatic carbocycles. The molecule has 0 fully saturated rings. The zero-order valence-electron chi connectivity index (χ0n) is 7.80. The summed E-state index contributed by atoms with van der Waals surface area (Å²) in [7, 11) is 0. The Kier molecular flexibility index (Phi) is 3.33. The van der Waals surface area contributed by atoms with E-state index in [9.17, 15) is 4.79 Å². The topological polar surface area (TPSA) is 45.8 Å². The van der Waals surface area contributed by atoms with E-state index < -0.39 is 0 Å². The summed E-state index contributed by atoms with van der Waals surface area (Å²) >= 11 is 14.8. The highest BCUT2D eigenvalue weighted by Gasteiger charge is 2.05. The Morgan fingerprint density at radius 3 is 2.38 bits per heavy atom. The van der Waals surface area contributed by atoms with Crippen LogP contribution in [0.5, 0.6) is 0 Å². The molecule has 0 spiro atoms. The van der Waals surface area contributed by atoms with Gasteiger partial charge in [-0.2, -0.15) is 0 Å². The van der Waals surface area contributed by atoms with E-state index in [-0.39, 0.29) is 5.56 Å². The summed E-state index contributed by atoms with van der Waals surface area (Å²) < 4.78 is 0.379. The molecule has 1 aromatic heterocycles. The van der Waals surface area contributed by atoms with E-state index in [1.54, 1.807) is 18.2 Å². The molecule has 0 aliphatic heterocycles. The first-order valence-corrected chi connectivity index (χ1v) is 5.82. The smallest absolute Gasteiger partial charge is 0.265 e. The van der Waals surface area contributed by atoms with Gasteiger partial charge in [-0.05, 0) is 34.1 Å². The highest BCUT2D eigenvalue weighted by atomic mass is 79.9. The molecule has 2 aromatic rings. The van der Waals surface area contributed by atoms with Crippen molar-refractivity contribution in [2.45, 2.75) is 0 Å². The Balaban J connectivity index is 2.58. The Labute approximate surface area is 110 Å². The van der Waals surface area contributed by atoms with Crippen LogP contribution in [0.15, 0.2) is 33.7 Å². The second-order valence-electron chi connectivity index (χ2n) is 3.07. The molecule has 1 heterocycles. The average Bonchev–Trinajstić information content (AvgIpc) is 2.20. The van der Waals surface area contributed by atoms with Gasteiger partial charge >= 0.3 is 0 Å². The molecule has 0 radical (unpaired) electrons. The second kappa shape index (κ2) is 4.57. The second-order valence-corrected chi connectivity index (χ2v) is 4.79. The number of aromatic amines is 1. The van der Waals surface area contributed by atoms with Crippen LogP contribution in [0.1, 0.15) is 0 Å². The van der Waals surface area contributed by atoms with Gasteiger partial charge in [0.1, 0.15) is 10.3 Å². The van der Waals surface area contributed by atoms with Gasteiger partial charge < -0.3 is 4.98 Å². The molecular formula is C10H5BrCl2N2O. The fourth-order valence-corrected chi connectivity index (χ4v) is 1.94. The van der Waals surface area contributed by atoms with Gasteiger partial charge in [-0.25, -0.2) is 4.98 Å². The van der Waals surface area contributed by atoms with Crippen LogP contribution in [0.3, 0.4) is 0 Å². The maximum absolute atomic E-state index is 11.4. The number of nitrogens with one attached hydrogen (secondary N) is 1. The maximum Gasteiger partial charge on any atom is 0.265 e. The number of rotatable bonds is 1. The van der Waals surface area contributed by atoms with Crippen LogP contribution in [0.25, 0.3) is 11.4 Å². The van der Waals surface area contributed by atoms with E-state index in [1.165, 1.54) is 6.20 Å². The summed E-state index contributed by atoms with van der Waals surface area (Å²) in [6.07, 6.45) is 1.43. The molecule has 3 nitrogen and oxygen atoms in total. The van der Waals surface area contributed by atoms with Gasteiger partial charge in [0.15, 0.2) is 0 Å². The lowest BCUT2D eigenvalue weighted by atomic mass is 10.2. The molecule has 16 heavy (non-hydrogen) atoms. The van der Waals surface area contributed by atoms with Crippen molar-refractivity contribution in [3.05, 3.63) is 49.3 Å². The number of H-pyrrole nitrogens is 1. The van der Waals surface area contributed by atoms with Gasteiger partial charge in [0.2, 0.25) is 0 Å². The van der Waals surface area contributed by atoms with Crippen molar-refractivity contribution in [1.29, 1.82) is 0 Å². The van der Waals surface area contributed by atoms with Crippen molar-refractivity contribution < 1.29 is 0 Å². The van der Waals surface area contributed by atoms with E-state index in [0.717, 1.165) is 0 Å². The highest BCUT2D eigenvalue weighted by Crippen LogP contribution is 2.24. The zero-order valence-corrected chi connectivity index (χ0v) is 10.9. The Hall–Kier alpha value is -0.840. The van der Waals surface area contributed by atoms with E-state index in [1.807, 2.05) is 0 Å². The van der Waals surface area contributed by atoms with Crippen LogP contribution < -0.4 is 5.56 Å². The predicted molar refractivity (Wildman–Crippen MR) is 68.0 cm³/mol. The Bertz CT molecular complexity index is 577. The molecule has 1 N–H and O–H groups in total. The molecule has 0 aliphatic rings. The number of aromatic nitrogens is 2. The van der Waals surface area contributed by atoms with Gasteiger partial charge in [-0.3, -0.25) is 4.79 Å². The van der Waals surface area contributed by atoms with E-state index in [2.05, 4.69) is 25.9 Å². The molecule has 0 aliphatic carbocycles. The number of hydrogen-bond donors (Lipinski definition) is 1. The largest absolute Gasteiger partial charge is 0.306 e. The summed E-state index contributed by atoms with van der Waals surface area (Å²) in [5, 5.41) is 0.987. The quantitative estimate of drug-likeness (QED) is 0.874. The first-order chi connectivity index (χ1) is 7.56. The monoisotopic (exact) mass is 318 g/mol. The van der Waals surface area contributed by atoms with Crippen molar-refractivity contribution in [3.8, 4) is 11.4 Å². The molecule has 6 heteroatoms. The molecule has 0 atom stereocenters. The van der Waals surface area contributed by atoms with Crippen LogP contribution in [0.4, 0.5) is 0 Å². The van der Waals surface area contributed by atoms with Gasteiger partial charge in [0.25, 0.3) is 5.56 Å². The van der Waals surface area contributed by atoms with E-state index in [4.69, 9.17) is 23.2 Å². The van der Waals surface area contributed by atoms with Crippen LogP contribution >= 0.6 is 39.1 Å². The summed E-state index contributed by atoms with van der Waals surface area (Å²) in [5.41, 5.74) is 0.420. The molecule has 0 saturated carbocycles. The number of halogens is 3. The minimum atomic E-state index is -0.249. The fraction of sp³-hybridized carbons (Fsp3) is 0. The van der Waals surface area contributed by atoms with Crippen LogP contribution in [0, 0.1) is 0 Å². The normalized spacial score (nSPS) is 10.4. The minimum absolute atomic E-state index is 0.249. The van der Waals surface area contributed by atoms with Crippen molar-refractivity contribution in [2.24, 2.45) is 0 Å². The number of hydrogen-bond acceptors (Lipinski definition) is 2. The average molecular weight is 320 g/mol. The summed E-state index contributed by atoms with van der Waals surface area (Å²) in [4.78, 5) is 18.1. The zero-order chi connectivity index (χ0) is 11.7. The SMILES string of the molecule is O=c1[nH]c(-c2cc(Cl)cc(Cl)c2)ncc1Br. The lowest BCUT2D eigenvalue weighted by Crippen LogP contribution is -2.08. The molecule has 0 bridgehead atoms. The standard InChI is InChI=1S/C10H5BrCl2N2O/c11-8-4-14-9(15-10(8)16)5-1-6(12)3-7(13)2-5/h1-4H,(H,14,15,16). The molecule has 82 valence electrons. The first-order valence-electron chi connectivity index (χ1n) is 4.27. The number of nitrogens with zero attached hydrogens (tertiary/aromatic N) is 1. The molecule has 0 amide bonds. The van der Waals surface area contributed by atoms with E-state index in [0.29, 0.717) is 25.9 Å².